The van der Waals surface area contributed by atoms with Gasteiger partial charge < -0.3 is 21.1 Å². The third-order valence-corrected chi connectivity index (χ3v) is 5.21. The topological polar surface area (TPSA) is 94.2 Å². The number of benzene rings is 2. The van der Waals surface area contributed by atoms with E-state index in [0.29, 0.717) is 35.2 Å². The van der Waals surface area contributed by atoms with Crippen molar-refractivity contribution in [3.05, 3.63) is 54.1 Å². The molecule has 4 N–H and O–H groups in total. The Bertz CT molecular complexity index is 1100. The number of nitrogens with zero attached hydrogens (tertiary/aromatic N) is 2. The summed E-state index contributed by atoms with van der Waals surface area (Å²) in [6.07, 6.45) is -2.27. The summed E-state index contributed by atoms with van der Waals surface area (Å²) in [4.78, 5) is 12.4. The minimum Gasteiger partial charge on any atom is -0.497 e. The molecule has 0 spiro atoms. The van der Waals surface area contributed by atoms with Crippen molar-refractivity contribution in [2.24, 2.45) is 5.92 Å². The number of methoxy groups -OCH3 is 1. The molecule has 0 radical (unpaired) electrons. The van der Waals surface area contributed by atoms with Crippen LogP contribution in [0.25, 0.3) is 16.9 Å². The first kappa shape index (κ1) is 21.5. The van der Waals surface area contributed by atoms with Crippen molar-refractivity contribution in [3.63, 3.8) is 0 Å². The predicted molar refractivity (Wildman–Crippen MR) is 115 cm³/mol. The van der Waals surface area contributed by atoms with Gasteiger partial charge in [-0.15, -0.1) is 0 Å². The number of ether oxygens (including phenoxy) is 1. The lowest BCUT2D eigenvalue weighted by Gasteiger charge is -2.10. The molecular weight excluding hydrogens is 423 g/mol. The van der Waals surface area contributed by atoms with Crippen molar-refractivity contribution >= 4 is 17.5 Å². The molecule has 0 saturated heterocycles. The van der Waals surface area contributed by atoms with E-state index in [0.717, 1.165) is 25.0 Å². The number of alkyl halides is 3. The first-order chi connectivity index (χ1) is 15.3. The minimum absolute atomic E-state index is 0.0946. The summed E-state index contributed by atoms with van der Waals surface area (Å²) in [7, 11) is 1.55. The molecule has 32 heavy (non-hydrogen) atoms. The van der Waals surface area contributed by atoms with Crippen LogP contribution in [0.1, 0.15) is 18.4 Å². The quantitative estimate of drug-likeness (QED) is 0.514. The molecule has 1 aliphatic carbocycles. The number of aromatic nitrogens is 2. The summed E-state index contributed by atoms with van der Waals surface area (Å²) in [5.74, 6) is 1.23. The van der Waals surface area contributed by atoms with Crippen LogP contribution in [0, 0.1) is 5.92 Å². The summed E-state index contributed by atoms with van der Waals surface area (Å²) < 4.78 is 45.2. The third kappa shape index (κ3) is 4.63. The van der Waals surface area contributed by atoms with Gasteiger partial charge in [0.15, 0.2) is 5.82 Å². The number of nitrogens with two attached hydrogens (primary N) is 1. The van der Waals surface area contributed by atoms with Crippen molar-refractivity contribution in [1.29, 1.82) is 0 Å². The Morgan fingerprint density at radius 1 is 1.16 bits per heavy atom. The van der Waals surface area contributed by atoms with Crippen molar-refractivity contribution < 1.29 is 22.7 Å². The Hall–Kier alpha value is -3.69. The van der Waals surface area contributed by atoms with Gasteiger partial charge in [-0.3, -0.25) is 0 Å². The van der Waals surface area contributed by atoms with Gasteiger partial charge in [-0.1, -0.05) is 0 Å². The van der Waals surface area contributed by atoms with E-state index in [-0.39, 0.29) is 11.5 Å². The van der Waals surface area contributed by atoms with Crippen molar-refractivity contribution in [3.8, 4) is 22.7 Å². The van der Waals surface area contributed by atoms with Gasteiger partial charge in [0.1, 0.15) is 17.1 Å². The average Bonchev–Trinajstić information content (AvgIpc) is 3.56. The number of carbonyl (C=O) groups excluding carboxylic acids is 1. The lowest BCUT2D eigenvalue weighted by Crippen LogP contribution is -2.30. The van der Waals surface area contributed by atoms with E-state index in [1.54, 1.807) is 31.4 Å². The molecule has 0 atom stereocenters. The predicted octanol–water partition coefficient (Wildman–Crippen LogP) is 4.68. The average molecular weight is 445 g/mol. The Balaban J connectivity index is 1.70. The maximum absolute atomic E-state index is 12.9. The standard InChI is InChI=1S/C22H22F3N5O2/c1-32-17-10-4-14(5-11-17)18-19(28-21(31)27-12-13-2-3-13)20(26)30(29-18)16-8-6-15(7-9-16)22(23,24)25/h4-11,13H,2-3,12,26H2,1H3,(H2,27,28,31). The molecule has 1 heterocycles. The monoisotopic (exact) mass is 445 g/mol. The number of hydrogen-bond donors (Lipinski definition) is 3. The molecule has 0 bridgehead atoms. The number of carbonyl (C=O) groups is 1. The number of urea groups is 1. The highest BCUT2D eigenvalue weighted by molar-refractivity contribution is 5.97. The largest absolute Gasteiger partial charge is 0.497 e. The molecule has 7 nitrogen and oxygen atoms in total. The molecule has 0 unspecified atom stereocenters. The second-order valence-electron chi connectivity index (χ2n) is 7.57. The summed E-state index contributed by atoms with van der Waals surface area (Å²) in [6, 6.07) is 11.0. The molecule has 4 rings (SSSR count). The van der Waals surface area contributed by atoms with Gasteiger partial charge in [0.25, 0.3) is 0 Å². The van der Waals surface area contributed by atoms with Gasteiger partial charge in [0, 0.05) is 12.1 Å². The zero-order valence-corrected chi connectivity index (χ0v) is 17.2. The lowest BCUT2D eigenvalue weighted by atomic mass is 10.1. The number of halogens is 3. The van der Waals surface area contributed by atoms with E-state index < -0.39 is 17.8 Å². The van der Waals surface area contributed by atoms with Crippen LogP contribution in [0.5, 0.6) is 5.75 Å². The first-order valence-electron chi connectivity index (χ1n) is 10.0. The van der Waals surface area contributed by atoms with Crippen LogP contribution >= 0.6 is 0 Å². The van der Waals surface area contributed by atoms with Gasteiger partial charge in [-0.05, 0) is 67.3 Å². The third-order valence-electron chi connectivity index (χ3n) is 5.21. The van der Waals surface area contributed by atoms with Crippen LogP contribution in [0.3, 0.4) is 0 Å². The highest BCUT2D eigenvalue weighted by atomic mass is 19.4. The second-order valence-corrected chi connectivity index (χ2v) is 7.57. The molecule has 1 aliphatic rings. The van der Waals surface area contributed by atoms with Gasteiger partial charge in [-0.2, -0.15) is 18.3 Å². The molecule has 2 amide bonds. The fraction of sp³-hybridized carbons (Fsp3) is 0.273. The smallest absolute Gasteiger partial charge is 0.416 e. The SMILES string of the molecule is COc1ccc(-c2nn(-c3ccc(C(F)(F)F)cc3)c(N)c2NC(=O)NCC2CC2)cc1. The van der Waals surface area contributed by atoms with E-state index >= 15 is 0 Å². The highest BCUT2D eigenvalue weighted by Gasteiger charge is 2.30. The zero-order valence-electron chi connectivity index (χ0n) is 17.2. The van der Waals surface area contributed by atoms with Gasteiger partial charge in [-0.25, -0.2) is 9.48 Å². The van der Waals surface area contributed by atoms with Crippen LogP contribution in [0.4, 0.5) is 29.5 Å². The van der Waals surface area contributed by atoms with Crippen LogP contribution < -0.4 is 21.1 Å². The van der Waals surface area contributed by atoms with Crippen LogP contribution in [-0.2, 0) is 6.18 Å². The molecule has 0 aliphatic heterocycles. The molecule has 1 aromatic heterocycles. The fourth-order valence-corrected chi connectivity index (χ4v) is 3.21. The maximum Gasteiger partial charge on any atom is 0.416 e. The molecule has 2 aromatic carbocycles. The Kier molecular flexibility index (Phi) is 5.68. The van der Waals surface area contributed by atoms with E-state index in [9.17, 15) is 18.0 Å². The molecule has 3 aromatic rings. The summed E-state index contributed by atoms with van der Waals surface area (Å²) in [5.41, 5.74) is 7.14. The number of anilines is 2. The number of nitrogen functional groups attached to an aromatic ring is 1. The first-order valence-corrected chi connectivity index (χ1v) is 10.0. The van der Waals surface area contributed by atoms with E-state index in [1.807, 2.05) is 0 Å². The van der Waals surface area contributed by atoms with E-state index in [4.69, 9.17) is 10.5 Å². The molecule has 168 valence electrons. The molecule has 10 heteroatoms. The fourth-order valence-electron chi connectivity index (χ4n) is 3.21. The second kappa shape index (κ2) is 8.45. The maximum atomic E-state index is 12.9. The number of amides is 2. The summed E-state index contributed by atoms with van der Waals surface area (Å²) in [5, 5.41) is 10.0. The number of rotatable bonds is 6. The highest BCUT2D eigenvalue weighted by Crippen LogP contribution is 2.36. The normalized spacial score (nSPS) is 13.6. The summed E-state index contributed by atoms with van der Waals surface area (Å²) in [6.45, 7) is 0.566. The molecular formula is C22H22F3N5O2. The minimum atomic E-state index is -4.45. The van der Waals surface area contributed by atoms with E-state index in [1.165, 1.54) is 16.8 Å². The van der Waals surface area contributed by atoms with Crippen molar-refractivity contribution in [1.82, 2.24) is 15.1 Å². The van der Waals surface area contributed by atoms with Crippen LogP contribution in [0.15, 0.2) is 48.5 Å². The van der Waals surface area contributed by atoms with Crippen molar-refractivity contribution in [2.45, 2.75) is 19.0 Å². The van der Waals surface area contributed by atoms with Crippen LogP contribution in [0.2, 0.25) is 0 Å². The van der Waals surface area contributed by atoms with Gasteiger partial charge >= 0.3 is 12.2 Å². The molecule has 1 saturated carbocycles. The summed E-state index contributed by atoms with van der Waals surface area (Å²) >= 11 is 0. The van der Waals surface area contributed by atoms with Gasteiger partial charge in [0.05, 0.1) is 18.4 Å². The molecule has 1 fully saturated rings. The number of nitrogens with one attached hydrogen (secondary N) is 2. The Labute approximate surface area is 182 Å². The number of hydrogen-bond acceptors (Lipinski definition) is 4. The van der Waals surface area contributed by atoms with Crippen LogP contribution in [-0.4, -0.2) is 29.5 Å². The Morgan fingerprint density at radius 3 is 2.38 bits per heavy atom. The Morgan fingerprint density at radius 2 is 1.81 bits per heavy atom. The van der Waals surface area contributed by atoms with Gasteiger partial charge in [0.2, 0.25) is 0 Å². The zero-order chi connectivity index (χ0) is 22.9. The van der Waals surface area contributed by atoms with E-state index in [2.05, 4.69) is 15.7 Å². The lowest BCUT2D eigenvalue weighted by molar-refractivity contribution is -0.137. The van der Waals surface area contributed by atoms with Crippen molar-refractivity contribution in [2.75, 3.05) is 24.7 Å².